The summed E-state index contributed by atoms with van der Waals surface area (Å²) in [7, 11) is 0. The summed E-state index contributed by atoms with van der Waals surface area (Å²) in [4.78, 5) is 17.3. The fourth-order valence-electron chi connectivity index (χ4n) is 4.19. The van der Waals surface area contributed by atoms with E-state index < -0.39 is 0 Å². The second kappa shape index (κ2) is 8.13. The molecule has 24 heavy (non-hydrogen) atoms. The predicted molar refractivity (Wildman–Crippen MR) is 97.6 cm³/mol. The topological polar surface area (TPSA) is 41.6 Å². The molecule has 0 spiro atoms. The third-order valence-corrected chi connectivity index (χ3v) is 5.43. The molecule has 4 heteroatoms. The molecule has 0 bridgehead atoms. The van der Waals surface area contributed by atoms with Gasteiger partial charge in [0, 0.05) is 17.1 Å². The lowest BCUT2D eigenvalue weighted by Gasteiger charge is -2.56. The van der Waals surface area contributed by atoms with E-state index in [0.717, 1.165) is 38.5 Å². The first-order chi connectivity index (χ1) is 11.5. The third kappa shape index (κ3) is 4.17. The van der Waals surface area contributed by atoms with Crippen LogP contribution in [0.25, 0.3) is 0 Å². The minimum atomic E-state index is -0.109. The Balaban J connectivity index is 2.10. The highest BCUT2D eigenvalue weighted by atomic mass is 16.7. The average molecular weight is 332 g/mol. The number of amides is 1. The molecular formula is C20H32N2O2. The minimum Gasteiger partial charge on any atom is -0.356 e. The number of hydrogen-bond acceptors (Lipinski definition) is 3. The molecule has 1 aliphatic rings. The maximum Gasteiger partial charge on any atom is 0.207 e. The second-order valence-corrected chi connectivity index (χ2v) is 7.50. The molecule has 1 unspecified atom stereocenters. The van der Waals surface area contributed by atoms with E-state index in [4.69, 9.17) is 4.84 Å². The summed E-state index contributed by atoms with van der Waals surface area (Å²) in [6, 6.07) is 10.7. The Morgan fingerprint density at radius 3 is 2.46 bits per heavy atom. The largest absolute Gasteiger partial charge is 0.356 e. The summed E-state index contributed by atoms with van der Waals surface area (Å²) in [6.07, 6.45) is 5.60. The fourth-order valence-corrected chi connectivity index (χ4v) is 4.19. The standard InChI is InChI=1S/C20H32N2O2/c1-5-20(6-2)15-18(21-16-23)14-19(3,4)22(20)24-13-12-17-10-8-7-9-11-17/h7-11,16,18H,5-6,12-15H2,1-4H3,(H,21,23). The first-order valence-electron chi connectivity index (χ1n) is 9.14. The van der Waals surface area contributed by atoms with Gasteiger partial charge >= 0.3 is 0 Å². The van der Waals surface area contributed by atoms with Gasteiger partial charge in [-0.25, -0.2) is 0 Å². The van der Waals surface area contributed by atoms with Crippen molar-refractivity contribution in [1.29, 1.82) is 0 Å². The van der Waals surface area contributed by atoms with Crippen LogP contribution in [0, 0.1) is 0 Å². The van der Waals surface area contributed by atoms with Gasteiger partial charge in [-0.15, -0.1) is 0 Å². The van der Waals surface area contributed by atoms with Crippen LogP contribution in [-0.2, 0) is 16.1 Å². The van der Waals surface area contributed by atoms with Crippen molar-refractivity contribution in [1.82, 2.24) is 10.4 Å². The number of carbonyl (C=O) groups is 1. The van der Waals surface area contributed by atoms with Crippen molar-refractivity contribution in [2.24, 2.45) is 0 Å². The maximum atomic E-state index is 10.9. The lowest BCUT2D eigenvalue weighted by molar-refractivity contribution is -0.293. The van der Waals surface area contributed by atoms with Crippen molar-refractivity contribution in [3.8, 4) is 0 Å². The molecule has 0 aromatic heterocycles. The van der Waals surface area contributed by atoms with E-state index >= 15 is 0 Å². The average Bonchev–Trinajstić information content (AvgIpc) is 2.57. The Kier molecular flexibility index (Phi) is 6.41. The van der Waals surface area contributed by atoms with E-state index in [9.17, 15) is 4.79 Å². The molecule has 1 aromatic rings. The Labute approximate surface area is 146 Å². The summed E-state index contributed by atoms with van der Waals surface area (Å²) in [5.74, 6) is 0. The lowest BCUT2D eigenvalue weighted by atomic mass is 9.74. The second-order valence-electron chi connectivity index (χ2n) is 7.50. The summed E-state index contributed by atoms with van der Waals surface area (Å²) in [6.45, 7) is 9.55. The van der Waals surface area contributed by atoms with Crippen LogP contribution in [-0.4, -0.2) is 35.2 Å². The van der Waals surface area contributed by atoms with Crippen LogP contribution in [0.5, 0.6) is 0 Å². The van der Waals surface area contributed by atoms with Crippen molar-refractivity contribution in [3.63, 3.8) is 0 Å². The SMILES string of the molecule is CCC1(CC)CC(NC=O)CC(C)(C)N1OCCc1ccccc1. The maximum absolute atomic E-state index is 10.9. The van der Waals surface area contributed by atoms with Gasteiger partial charge in [-0.1, -0.05) is 44.2 Å². The Morgan fingerprint density at radius 2 is 1.88 bits per heavy atom. The number of benzene rings is 1. The molecule has 134 valence electrons. The van der Waals surface area contributed by atoms with Gasteiger partial charge in [0.25, 0.3) is 0 Å². The van der Waals surface area contributed by atoms with Gasteiger partial charge in [-0.05, 0) is 51.5 Å². The summed E-state index contributed by atoms with van der Waals surface area (Å²) in [5, 5.41) is 5.25. The summed E-state index contributed by atoms with van der Waals surface area (Å²) < 4.78 is 0. The number of hydroxylamine groups is 2. The smallest absolute Gasteiger partial charge is 0.207 e. The number of rotatable bonds is 8. The molecule has 1 aliphatic heterocycles. The van der Waals surface area contributed by atoms with Gasteiger partial charge in [-0.3, -0.25) is 9.63 Å². The van der Waals surface area contributed by atoms with Crippen molar-refractivity contribution < 1.29 is 9.63 Å². The van der Waals surface area contributed by atoms with Crippen LogP contribution in [0.2, 0.25) is 0 Å². The monoisotopic (exact) mass is 332 g/mol. The van der Waals surface area contributed by atoms with Crippen LogP contribution in [0.4, 0.5) is 0 Å². The van der Waals surface area contributed by atoms with E-state index in [1.54, 1.807) is 0 Å². The number of nitrogens with one attached hydrogen (secondary N) is 1. The van der Waals surface area contributed by atoms with Crippen LogP contribution in [0.1, 0.15) is 58.9 Å². The van der Waals surface area contributed by atoms with Crippen LogP contribution in [0.3, 0.4) is 0 Å². The van der Waals surface area contributed by atoms with Gasteiger partial charge in [0.05, 0.1) is 6.61 Å². The zero-order valence-electron chi connectivity index (χ0n) is 15.5. The van der Waals surface area contributed by atoms with Crippen LogP contribution < -0.4 is 5.32 Å². The Hall–Kier alpha value is -1.39. The first-order valence-corrected chi connectivity index (χ1v) is 9.14. The summed E-state index contributed by atoms with van der Waals surface area (Å²) in [5.41, 5.74) is 1.16. The molecule has 1 amide bonds. The highest BCUT2D eigenvalue weighted by Gasteiger charge is 2.49. The van der Waals surface area contributed by atoms with Gasteiger partial charge < -0.3 is 5.32 Å². The lowest BCUT2D eigenvalue weighted by Crippen LogP contribution is -2.65. The van der Waals surface area contributed by atoms with Gasteiger partial charge in [0.2, 0.25) is 6.41 Å². The van der Waals surface area contributed by atoms with Crippen molar-refractivity contribution in [3.05, 3.63) is 35.9 Å². The molecule has 4 nitrogen and oxygen atoms in total. The number of carbonyl (C=O) groups excluding carboxylic acids is 1. The molecule has 0 aliphatic carbocycles. The van der Waals surface area contributed by atoms with E-state index in [0.29, 0.717) is 6.61 Å². The molecule has 1 atom stereocenters. The Morgan fingerprint density at radius 1 is 1.21 bits per heavy atom. The summed E-state index contributed by atoms with van der Waals surface area (Å²) >= 11 is 0. The normalized spacial score (nSPS) is 22.9. The van der Waals surface area contributed by atoms with Gasteiger partial charge in [0.15, 0.2) is 0 Å². The van der Waals surface area contributed by atoms with Crippen molar-refractivity contribution >= 4 is 6.41 Å². The first kappa shape index (κ1) is 18.9. The molecule has 1 fully saturated rings. The molecule has 2 rings (SSSR count). The van der Waals surface area contributed by atoms with Crippen molar-refractivity contribution in [2.45, 2.75) is 76.9 Å². The molecule has 1 saturated heterocycles. The molecular weight excluding hydrogens is 300 g/mol. The molecule has 0 radical (unpaired) electrons. The zero-order chi connectivity index (χ0) is 17.6. The third-order valence-electron chi connectivity index (χ3n) is 5.43. The minimum absolute atomic E-state index is 0.0287. The van der Waals surface area contributed by atoms with E-state index in [-0.39, 0.29) is 17.1 Å². The fraction of sp³-hybridized carbons (Fsp3) is 0.650. The molecule has 1 heterocycles. The highest BCUT2D eigenvalue weighted by molar-refractivity contribution is 5.46. The number of nitrogens with zero attached hydrogens (tertiary/aromatic N) is 1. The molecule has 0 saturated carbocycles. The van der Waals surface area contributed by atoms with E-state index in [2.05, 4.69) is 62.3 Å². The molecule has 1 aromatic carbocycles. The quantitative estimate of drug-likeness (QED) is 0.738. The Bertz CT molecular complexity index is 512. The zero-order valence-corrected chi connectivity index (χ0v) is 15.5. The van der Waals surface area contributed by atoms with E-state index in [1.165, 1.54) is 5.56 Å². The van der Waals surface area contributed by atoms with Crippen LogP contribution in [0.15, 0.2) is 30.3 Å². The predicted octanol–water partition coefficient (Wildman–Crippen LogP) is 3.71. The van der Waals surface area contributed by atoms with Crippen molar-refractivity contribution in [2.75, 3.05) is 6.61 Å². The van der Waals surface area contributed by atoms with Gasteiger partial charge in [0.1, 0.15) is 0 Å². The highest BCUT2D eigenvalue weighted by Crippen LogP contribution is 2.42. The number of piperidine rings is 1. The number of hydrogen-bond donors (Lipinski definition) is 1. The van der Waals surface area contributed by atoms with Gasteiger partial charge in [-0.2, -0.15) is 5.06 Å². The van der Waals surface area contributed by atoms with E-state index in [1.807, 2.05) is 6.07 Å². The van der Waals surface area contributed by atoms with Crippen LogP contribution >= 0.6 is 0 Å². The molecule has 1 N–H and O–H groups in total.